The molecule has 2 rings (SSSR count). The highest BCUT2D eigenvalue weighted by Gasteiger charge is 2.15. The molecule has 0 radical (unpaired) electrons. The van der Waals surface area contributed by atoms with Gasteiger partial charge in [0.25, 0.3) is 5.91 Å². The fraction of sp³-hybridized carbons (Fsp3) is 0.267. The van der Waals surface area contributed by atoms with Crippen LogP contribution in [-0.2, 0) is 0 Å². The largest absolute Gasteiger partial charge is 0.472 e. The molecule has 1 aromatic heterocycles. The molecule has 1 heterocycles. The van der Waals surface area contributed by atoms with Gasteiger partial charge in [-0.2, -0.15) is 0 Å². The van der Waals surface area contributed by atoms with Gasteiger partial charge in [0.05, 0.1) is 17.9 Å². The minimum Gasteiger partial charge on any atom is -0.472 e. The maximum Gasteiger partial charge on any atom is 0.255 e. The summed E-state index contributed by atoms with van der Waals surface area (Å²) in [7, 11) is 0. The summed E-state index contributed by atoms with van der Waals surface area (Å²) in [6.07, 6.45) is 4.24. The summed E-state index contributed by atoms with van der Waals surface area (Å²) in [5.41, 5.74) is 1.54. The van der Waals surface area contributed by atoms with Crippen molar-refractivity contribution < 1.29 is 14.3 Å². The van der Waals surface area contributed by atoms with Crippen LogP contribution in [0.4, 0.5) is 0 Å². The third kappa shape index (κ3) is 3.69. The summed E-state index contributed by atoms with van der Waals surface area (Å²) < 4.78 is 4.90. The topological polar surface area (TPSA) is 62.5 Å². The average Bonchev–Trinajstić information content (AvgIpc) is 2.98. The van der Waals surface area contributed by atoms with Crippen LogP contribution in [0.25, 0.3) is 0 Å². The Morgan fingerprint density at radius 1 is 1.26 bits per heavy atom. The van der Waals surface area contributed by atoms with Crippen molar-refractivity contribution in [3.05, 3.63) is 60.1 Å². The lowest BCUT2D eigenvalue weighted by Crippen LogP contribution is -2.28. The first-order valence-corrected chi connectivity index (χ1v) is 6.30. The molecule has 0 saturated heterocycles. The molecule has 0 aliphatic heterocycles. The minimum atomic E-state index is -0.166. The molecule has 4 nitrogen and oxygen atoms in total. The molecule has 0 fully saturated rings. The second kappa shape index (κ2) is 6.75. The van der Waals surface area contributed by atoms with E-state index in [2.05, 4.69) is 5.32 Å². The van der Waals surface area contributed by atoms with E-state index in [9.17, 15) is 4.79 Å². The minimum absolute atomic E-state index is 0.101. The molecule has 1 aromatic carbocycles. The molecule has 100 valence electrons. The number of benzene rings is 1. The van der Waals surface area contributed by atoms with Crippen molar-refractivity contribution in [1.29, 1.82) is 0 Å². The fourth-order valence-corrected chi connectivity index (χ4v) is 1.94. The Hall–Kier alpha value is -2.07. The van der Waals surface area contributed by atoms with Crippen LogP contribution < -0.4 is 5.32 Å². The molecule has 1 atom stereocenters. The summed E-state index contributed by atoms with van der Waals surface area (Å²) in [4.78, 5) is 12.0. The highest BCUT2D eigenvalue weighted by atomic mass is 16.3. The number of nitrogens with one attached hydrogen (secondary N) is 1. The molecule has 2 N–H and O–H groups in total. The molecular formula is C15H17NO3. The van der Waals surface area contributed by atoms with Crippen LogP contribution in [0, 0.1) is 0 Å². The Kier molecular flexibility index (Phi) is 4.75. The van der Waals surface area contributed by atoms with Crippen LogP contribution in [0.1, 0.15) is 34.8 Å². The van der Waals surface area contributed by atoms with Gasteiger partial charge in [-0.15, -0.1) is 0 Å². The number of hydrogen-bond acceptors (Lipinski definition) is 3. The number of furan rings is 1. The van der Waals surface area contributed by atoms with Gasteiger partial charge in [0.2, 0.25) is 0 Å². The van der Waals surface area contributed by atoms with Crippen molar-refractivity contribution in [2.75, 3.05) is 6.61 Å². The number of amides is 1. The molecule has 1 amide bonds. The maximum atomic E-state index is 12.0. The van der Waals surface area contributed by atoms with Crippen molar-refractivity contribution in [2.24, 2.45) is 0 Å². The summed E-state index contributed by atoms with van der Waals surface area (Å²) in [5, 5.41) is 11.9. The van der Waals surface area contributed by atoms with Crippen molar-refractivity contribution in [3.8, 4) is 0 Å². The quantitative estimate of drug-likeness (QED) is 0.838. The zero-order chi connectivity index (χ0) is 13.5. The lowest BCUT2D eigenvalue weighted by molar-refractivity contribution is 0.0931. The van der Waals surface area contributed by atoms with Crippen LogP contribution in [-0.4, -0.2) is 17.6 Å². The molecule has 0 aliphatic rings. The molecular weight excluding hydrogens is 242 g/mol. The molecule has 0 saturated carbocycles. The van der Waals surface area contributed by atoms with Gasteiger partial charge < -0.3 is 14.8 Å². The number of rotatable bonds is 6. The number of aliphatic hydroxyl groups excluding tert-OH is 1. The summed E-state index contributed by atoms with van der Waals surface area (Å²) in [5.74, 6) is -0.166. The normalized spacial score (nSPS) is 12.1. The standard InChI is InChI=1S/C15H17NO3/c17-9-4-7-14(12-5-2-1-3-6-12)16-15(18)13-8-10-19-11-13/h1-3,5-6,8,10-11,14,17H,4,7,9H2,(H,16,18). The summed E-state index contributed by atoms with van der Waals surface area (Å²) in [6, 6.07) is 11.3. The number of carbonyl (C=O) groups excluding carboxylic acids is 1. The third-order valence-corrected chi connectivity index (χ3v) is 2.94. The first-order chi connectivity index (χ1) is 9.31. The second-order valence-corrected chi connectivity index (χ2v) is 4.31. The van der Waals surface area contributed by atoms with Crippen LogP contribution in [0.3, 0.4) is 0 Å². The van der Waals surface area contributed by atoms with Crippen LogP contribution in [0.2, 0.25) is 0 Å². The van der Waals surface area contributed by atoms with Gasteiger partial charge in [-0.1, -0.05) is 30.3 Å². The number of aliphatic hydroxyl groups is 1. The first kappa shape index (κ1) is 13.4. The smallest absolute Gasteiger partial charge is 0.255 e. The van der Waals surface area contributed by atoms with Gasteiger partial charge >= 0.3 is 0 Å². The van der Waals surface area contributed by atoms with E-state index in [1.165, 1.54) is 12.5 Å². The summed E-state index contributed by atoms with van der Waals surface area (Å²) in [6.45, 7) is 0.116. The van der Waals surface area contributed by atoms with E-state index in [1.54, 1.807) is 6.07 Å². The van der Waals surface area contributed by atoms with E-state index in [0.717, 1.165) is 5.56 Å². The number of hydrogen-bond donors (Lipinski definition) is 2. The van der Waals surface area contributed by atoms with Gasteiger partial charge in [0.1, 0.15) is 6.26 Å². The molecule has 0 aliphatic carbocycles. The van der Waals surface area contributed by atoms with Crippen LogP contribution in [0.15, 0.2) is 53.3 Å². The molecule has 4 heteroatoms. The summed E-state index contributed by atoms with van der Waals surface area (Å²) >= 11 is 0. The van der Waals surface area contributed by atoms with Crippen molar-refractivity contribution in [3.63, 3.8) is 0 Å². The fourth-order valence-electron chi connectivity index (χ4n) is 1.94. The molecule has 0 spiro atoms. The van der Waals surface area contributed by atoms with Gasteiger partial charge in [-0.3, -0.25) is 4.79 Å². The predicted octanol–water partition coefficient (Wildman–Crippen LogP) is 2.52. The molecule has 1 unspecified atom stereocenters. The monoisotopic (exact) mass is 259 g/mol. The Bertz CT molecular complexity index is 493. The molecule has 2 aromatic rings. The average molecular weight is 259 g/mol. The molecule has 19 heavy (non-hydrogen) atoms. The van der Waals surface area contributed by atoms with E-state index >= 15 is 0 Å². The van der Waals surface area contributed by atoms with Crippen molar-refractivity contribution in [2.45, 2.75) is 18.9 Å². The lowest BCUT2D eigenvalue weighted by atomic mass is 10.0. The van der Waals surface area contributed by atoms with E-state index in [0.29, 0.717) is 18.4 Å². The van der Waals surface area contributed by atoms with Crippen LogP contribution in [0.5, 0.6) is 0 Å². The van der Waals surface area contributed by atoms with E-state index in [1.807, 2.05) is 30.3 Å². The predicted molar refractivity (Wildman–Crippen MR) is 71.7 cm³/mol. The zero-order valence-corrected chi connectivity index (χ0v) is 10.6. The zero-order valence-electron chi connectivity index (χ0n) is 10.6. The first-order valence-electron chi connectivity index (χ1n) is 6.30. The van der Waals surface area contributed by atoms with E-state index in [-0.39, 0.29) is 18.6 Å². The third-order valence-electron chi connectivity index (χ3n) is 2.94. The maximum absolute atomic E-state index is 12.0. The van der Waals surface area contributed by atoms with Crippen LogP contribution >= 0.6 is 0 Å². The number of carbonyl (C=O) groups is 1. The Balaban J connectivity index is 2.08. The van der Waals surface area contributed by atoms with E-state index in [4.69, 9.17) is 9.52 Å². The Morgan fingerprint density at radius 2 is 2.05 bits per heavy atom. The highest BCUT2D eigenvalue weighted by Crippen LogP contribution is 2.18. The highest BCUT2D eigenvalue weighted by molar-refractivity contribution is 5.94. The van der Waals surface area contributed by atoms with Gasteiger partial charge in [0, 0.05) is 6.61 Å². The Morgan fingerprint density at radius 3 is 2.68 bits per heavy atom. The second-order valence-electron chi connectivity index (χ2n) is 4.31. The van der Waals surface area contributed by atoms with Crippen molar-refractivity contribution >= 4 is 5.91 Å². The van der Waals surface area contributed by atoms with Gasteiger partial charge in [-0.05, 0) is 24.5 Å². The van der Waals surface area contributed by atoms with Crippen molar-refractivity contribution in [1.82, 2.24) is 5.32 Å². The molecule has 0 bridgehead atoms. The Labute approximate surface area is 112 Å². The lowest BCUT2D eigenvalue weighted by Gasteiger charge is -2.18. The van der Waals surface area contributed by atoms with Gasteiger partial charge in [0.15, 0.2) is 0 Å². The van der Waals surface area contributed by atoms with Gasteiger partial charge in [-0.25, -0.2) is 0 Å². The van der Waals surface area contributed by atoms with E-state index < -0.39 is 0 Å². The SMILES string of the molecule is O=C(NC(CCCO)c1ccccc1)c1ccoc1.